The standard InChI is InChI=1S/C14H21BrN4S/c1-16-14(17-7-10-6-13(15)20-9-10)18-11-4-5-19(8-11)12-2-3-12/h6,9,11-12H,2-5,7-8H2,1H3,(H2,16,17,18). The maximum absolute atomic E-state index is 4.33. The van der Waals surface area contributed by atoms with Gasteiger partial charge in [0.05, 0.1) is 3.79 Å². The molecule has 1 saturated heterocycles. The highest BCUT2D eigenvalue weighted by Gasteiger charge is 2.34. The highest BCUT2D eigenvalue weighted by atomic mass is 79.9. The van der Waals surface area contributed by atoms with Crippen molar-refractivity contribution in [2.45, 2.75) is 37.9 Å². The third-order valence-electron chi connectivity index (χ3n) is 3.93. The second-order valence-electron chi connectivity index (χ2n) is 5.54. The number of halogens is 1. The lowest BCUT2D eigenvalue weighted by Crippen LogP contribution is -2.44. The van der Waals surface area contributed by atoms with Gasteiger partial charge in [-0.05, 0) is 52.2 Å². The fourth-order valence-corrected chi connectivity index (χ4v) is 3.90. The number of guanidine groups is 1. The van der Waals surface area contributed by atoms with Crippen molar-refractivity contribution in [3.8, 4) is 0 Å². The molecule has 4 nitrogen and oxygen atoms in total. The lowest BCUT2D eigenvalue weighted by molar-refractivity contribution is 0.321. The maximum Gasteiger partial charge on any atom is 0.191 e. The molecule has 110 valence electrons. The Morgan fingerprint density at radius 1 is 1.50 bits per heavy atom. The van der Waals surface area contributed by atoms with Crippen molar-refractivity contribution in [1.29, 1.82) is 0 Å². The molecule has 2 heterocycles. The molecule has 2 N–H and O–H groups in total. The summed E-state index contributed by atoms with van der Waals surface area (Å²) in [6.07, 6.45) is 4.01. The summed E-state index contributed by atoms with van der Waals surface area (Å²) in [6.45, 7) is 3.22. The Labute approximate surface area is 132 Å². The summed E-state index contributed by atoms with van der Waals surface area (Å²) in [7, 11) is 1.84. The Balaban J connectivity index is 1.45. The average Bonchev–Trinajstić information content (AvgIpc) is 3.06. The number of hydrogen-bond donors (Lipinski definition) is 2. The van der Waals surface area contributed by atoms with Crippen LogP contribution in [0.15, 0.2) is 20.2 Å². The third kappa shape index (κ3) is 3.74. The van der Waals surface area contributed by atoms with E-state index in [1.807, 2.05) is 7.05 Å². The van der Waals surface area contributed by atoms with Crippen molar-refractivity contribution < 1.29 is 0 Å². The Kier molecular flexibility index (Phi) is 4.63. The van der Waals surface area contributed by atoms with Gasteiger partial charge in [0.1, 0.15) is 0 Å². The first-order valence-corrected chi connectivity index (χ1v) is 8.86. The first-order valence-electron chi connectivity index (χ1n) is 7.19. The minimum Gasteiger partial charge on any atom is -0.352 e. The molecule has 0 amide bonds. The lowest BCUT2D eigenvalue weighted by Gasteiger charge is -2.18. The zero-order valence-corrected chi connectivity index (χ0v) is 14.1. The molecule has 1 atom stereocenters. The molecule has 0 aromatic carbocycles. The van der Waals surface area contributed by atoms with Gasteiger partial charge in [0.15, 0.2) is 5.96 Å². The van der Waals surface area contributed by atoms with Crippen molar-refractivity contribution in [3.05, 3.63) is 20.8 Å². The fourth-order valence-electron chi connectivity index (χ4n) is 2.69. The van der Waals surface area contributed by atoms with E-state index >= 15 is 0 Å². The molecule has 1 unspecified atom stereocenters. The molecule has 1 aliphatic carbocycles. The van der Waals surface area contributed by atoms with E-state index in [1.165, 1.54) is 35.2 Å². The van der Waals surface area contributed by atoms with E-state index in [1.54, 1.807) is 11.3 Å². The zero-order chi connectivity index (χ0) is 13.9. The van der Waals surface area contributed by atoms with E-state index in [-0.39, 0.29) is 0 Å². The average molecular weight is 357 g/mol. The fraction of sp³-hybridized carbons (Fsp3) is 0.643. The van der Waals surface area contributed by atoms with Gasteiger partial charge in [-0.25, -0.2) is 0 Å². The van der Waals surface area contributed by atoms with Crippen LogP contribution in [0, 0.1) is 0 Å². The molecule has 1 aliphatic heterocycles. The second kappa shape index (κ2) is 6.45. The van der Waals surface area contributed by atoms with Gasteiger partial charge in [0.2, 0.25) is 0 Å². The van der Waals surface area contributed by atoms with Gasteiger partial charge in [-0.3, -0.25) is 9.89 Å². The summed E-state index contributed by atoms with van der Waals surface area (Å²) in [5, 5.41) is 9.10. The van der Waals surface area contributed by atoms with Gasteiger partial charge in [0.25, 0.3) is 0 Å². The summed E-state index contributed by atoms with van der Waals surface area (Å²) in [5.74, 6) is 0.912. The van der Waals surface area contributed by atoms with Crippen LogP contribution in [-0.4, -0.2) is 43.1 Å². The monoisotopic (exact) mass is 356 g/mol. The number of hydrogen-bond acceptors (Lipinski definition) is 3. The zero-order valence-electron chi connectivity index (χ0n) is 11.7. The summed E-state index contributed by atoms with van der Waals surface area (Å²) in [4.78, 5) is 6.94. The van der Waals surface area contributed by atoms with E-state index in [2.05, 4.69) is 47.9 Å². The van der Waals surface area contributed by atoms with Gasteiger partial charge in [-0.1, -0.05) is 0 Å². The first kappa shape index (κ1) is 14.4. The minimum absolute atomic E-state index is 0.538. The normalized spacial score (nSPS) is 24.1. The largest absolute Gasteiger partial charge is 0.352 e. The van der Waals surface area contributed by atoms with Crippen molar-refractivity contribution in [2.24, 2.45) is 4.99 Å². The van der Waals surface area contributed by atoms with E-state index in [0.29, 0.717) is 6.04 Å². The molecule has 1 aromatic heterocycles. The molecular weight excluding hydrogens is 336 g/mol. The highest BCUT2D eigenvalue weighted by Crippen LogP contribution is 2.29. The topological polar surface area (TPSA) is 39.7 Å². The molecule has 0 spiro atoms. The third-order valence-corrected chi connectivity index (χ3v) is 5.48. The maximum atomic E-state index is 4.33. The van der Waals surface area contributed by atoms with E-state index in [9.17, 15) is 0 Å². The van der Waals surface area contributed by atoms with Crippen molar-refractivity contribution in [1.82, 2.24) is 15.5 Å². The van der Waals surface area contributed by atoms with Crippen LogP contribution in [0.25, 0.3) is 0 Å². The van der Waals surface area contributed by atoms with Crippen LogP contribution in [0.1, 0.15) is 24.8 Å². The summed E-state index contributed by atoms with van der Waals surface area (Å²) >= 11 is 5.21. The Hall–Kier alpha value is -0.590. The van der Waals surface area contributed by atoms with Gasteiger partial charge in [0, 0.05) is 38.8 Å². The molecule has 1 saturated carbocycles. The van der Waals surface area contributed by atoms with Crippen LogP contribution in [0.4, 0.5) is 0 Å². The molecule has 2 aliphatic rings. The number of nitrogens with zero attached hydrogens (tertiary/aromatic N) is 2. The predicted octanol–water partition coefficient (Wildman–Crippen LogP) is 2.41. The van der Waals surface area contributed by atoms with Gasteiger partial charge < -0.3 is 10.6 Å². The van der Waals surface area contributed by atoms with Crippen LogP contribution in [0.2, 0.25) is 0 Å². The molecule has 0 radical (unpaired) electrons. The van der Waals surface area contributed by atoms with E-state index < -0.39 is 0 Å². The van der Waals surface area contributed by atoms with E-state index in [4.69, 9.17) is 0 Å². The quantitative estimate of drug-likeness (QED) is 0.642. The molecule has 0 bridgehead atoms. The van der Waals surface area contributed by atoms with Gasteiger partial charge in [-0.15, -0.1) is 11.3 Å². The number of aliphatic imine (C=N–C) groups is 1. The lowest BCUT2D eigenvalue weighted by atomic mass is 10.3. The first-order chi connectivity index (χ1) is 9.74. The number of thiophene rings is 1. The predicted molar refractivity (Wildman–Crippen MR) is 88.4 cm³/mol. The molecule has 20 heavy (non-hydrogen) atoms. The van der Waals surface area contributed by atoms with Crippen LogP contribution in [0.3, 0.4) is 0 Å². The van der Waals surface area contributed by atoms with Crippen molar-refractivity contribution in [3.63, 3.8) is 0 Å². The number of nitrogens with one attached hydrogen (secondary N) is 2. The SMILES string of the molecule is CN=C(NCc1csc(Br)c1)NC1CCN(C2CC2)C1. The van der Waals surface area contributed by atoms with Crippen molar-refractivity contribution in [2.75, 3.05) is 20.1 Å². The van der Waals surface area contributed by atoms with Gasteiger partial charge >= 0.3 is 0 Å². The second-order valence-corrected chi connectivity index (χ2v) is 7.83. The molecule has 2 fully saturated rings. The Bertz CT molecular complexity index is 483. The van der Waals surface area contributed by atoms with Crippen LogP contribution < -0.4 is 10.6 Å². The van der Waals surface area contributed by atoms with Crippen molar-refractivity contribution >= 4 is 33.2 Å². The Morgan fingerprint density at radius 2 is 2.35 bits per heavy atom. The smallest absolute Gasteiger partial charge is 0.191 e. The number of rotatable bonds is 4. The Morgan fingerprint density at radius 3 is 3.00 bits per heavy atom. The summed E-state index contributed by atoms with van der Waals surface area (Å²) < 4.78 is 1.17. The highest BCUT2D eigenvalue weighted by molar-refractivity contribution is 9.11. The van der Waals surface area contributed by atoms with Crippen LogP contribution in [0.5, 0.6) is 0 Å². The van der Waals surface area contributed by atoms with E-state index in [0.717, 1.165) is 25.1 Å². The molecule has 3 rings (SSSR count). The summed E-state index contributed by atoms with van der Waals surface area (Å²) in [6, 6.07) is 3.56. The van der Waals surface area contributed by atoms with Gasteiger partial charge in [-0.2, -0.15) is 0 Å². The molecule has 1 aromatic rings. The molecule has 6 heteroatoms. The molecular formula is C14H21BrN4S. The van der Waals surface area contributed by atoms with Crippen LogP contribution in [-0.2, 0) is 6.54 Å². The summed E-state index contributed by atoms with van der Waals surface area (Å²) in [5.41, 5.74) is 1.29. The number of likely N-dealkylation sites (tertiary alicyclic amines) is 1. The minimum atomic E-state index is 0.538. The van der Waals surface area contributed by atoms with Crippen LogP contribution >= 0.6 is 27.3 Å².